The summed E-state index contributed by atoms with van der Waals surface area (Å²) in [6.07, 6.45) is 2.58. The molecule has 0 radical (unpaired) electrons. The number of carbonyl (C=O) groups excluding carboxylic acids is 2. The lowest BCUT2D eigenvalue weighted by atomic mass is 10.3. The fourth-order valence-electron chi connectivity index (χ4n) is 1.94. The zero-order chi connectivity index (χ0) is 13.0. The molecule has 2 rings (SSSR count). The molecular formula is C12H15BrN2O2S. The summed E-state index contributed by atoms with van der Waals surface area (Å²) in [6.45, 7) is 2.14. The van der Waals surface area contributed by atoms with Crippen molar-refractivity contribution in [1.82, 2.24) is 10.2 Å². The molecule has 2 heterocycles. The number of nitrogens with one attached hydrogen (secondary N) is 1. The molecular weight excluding hydrogens is 316 g/mol. The van der Waals surface area contributed by atoms with Gasteiger partial charge in [-0.2, -0.15) is 0 Å². The van der Waals surface area contributed by atoms with Gasteiger partial charge in [-0.1, -0.05) is 0 Å². The summed E-state index contributed by atoms with van der Waals surface area (Å²) in [5.74, 6) is 0.0190. The topological polar surface area (TPSA) is 49.4 Å². The second-order valence-electron chi connectivity index (χ2n) is 4.23. The van der Waals surface area contributed by atoms with Crippen molar-refractivity contribution >= 4 is 39.1 Å². The van der Waals surface area contributed by atoms with Crippen LogP contribution in [-0.4, -0.2) is 36.3 Å². The van der Waals surface area contributed by atoms with E-state index < -0.39 is 0 Å². The average molecular weight is 331 g/mol. The van der Waals surface area contributed by atoms with E-state index in [2.05, 4.69) is 21.2 Å². The maximum absolute atomic E-state index is 11.7. The van der Waals surface area contributed by atoms with Crippen LogP contribution in [0.1, 0.15) is 29.6 Å². The highest BCUT2D eigenvalue weighted by Gasteiger charge is 2.17. The van der Waals surface area contributed by atoms with Crippen LogP contribution >= 0.6 is 27.3 Å². The zero-order valence-corrected chi connectivity index (χ0v) is 12.3. The number of nitrogens with zero attached hydrogens (tertiary/aromatic N) is 1. The Balaban J connectivity index is 1.71. The van der Waals surface area contributed by atoms with E-state index in [1.165, 1.54) is 11.3 Å². The fourth-order valence-corrected chi connectivity index (χ4v) is 3.08. The molecule has 2 amide bonds. The minimum absolute atomic E-state index is 0.119. The Labute approximate surface area is 118 Å². The van der Waals surface area contributed by atoms with Crippen molar-refractivity contribution in [2.75, 3.05) is 19.6 Å². The molecule has 1 fully saturated rings. The maximum atomic E-state index is 11.7. The normalized spacial score (nSPS) is 14.8. The highest BCUT2D eigenvalue weighted by Crippen LogP contribution is 2.20. The molecule has 6 heteroatoms. The van der Waals surface area contributed by atoms with Crippen molar-refractivity contribution in [3.63, 3.8) is 0 Å². The molecule has 4 nitrogen and oxygen atoms in total. The summed E-state index contributed by atoms with van der Waals surface area (Å²) in [5, 5.41) is 4.56. The lowest BCUT2D eigenvalue weighted by Gasteiger charge is -2.14. The summed E-state index contributed by atoms with van der Waals surface area (Å²) in [7, 11) is 0. The first kappa shape index (κ1) is 13.5. The average Bonchev–Trinajstić information content (AvgIpc) is 2.99. The second-order valence-corrected chi connectivity index (χ2v) is 6.52. The molecule has 98 valence electrons. The summed E-state index contributed by atoms with van der Waals surface area (Å²) in [5.41, 5.74) is 0.639. The molecule has 1 aromatic rings. The first-order chi connectivity index (χ1) is 8.66. The van der Waals surface area contributed by atoms with Crippen LogP contribution in [0.5, 0.6) is 0 Å². The third-order valence-electron chi connectivity index (χ3n) is 2.91. The molecule has 1 aromatic heterocycles. The maximum Gasteiger partial charge on any atom is 0.252 e. The van der Waals surface area contributed by atoms with E-state index in [1.54, 1.807) is 11.4 Å². The van der Waals surface area contributed by atoms with Gasteiger partial charge >= 0.3 is 0 Å². The number of amides is 2. The van der Waals surface area contributed by atoms with Crippen LogP contribution in [0.15, 0.2) is 15.2 Å². The van der Waals surface area contributed by atoms with Gasteiger partial charge in [0.25, 0.3) is 5.91 Å². The molecule has 0 aromatic carbocycles. The van der Waals surface area contributed by atoms with Gasteiger partial charge < -0.3 is 10.2 Å². The molecule has 1 aliphatic rings. The standard InChI is InChI=1S/C12H15BrN2O2S/c13-10-7-9(8-18-10)12(17)14-4-3-11(16)15-5-1-2-6-15/h7-8H,1-6H2,(H,14,17). The van der Waals surface area contributed by atoms with Gasteiger partial charge in [0.15, 0.2) is 0 Å². The molecule has 18 heavy (non-hydrogen) atoms. The van der Waals surface area contributed by atoms with Crippen molar-refractivity contribution in [2.24, 2.45) is 0 Å². The minimum Gasteiger partial charge on any atom is -0.351 e. The highest BCUT2D eigenvalue weighted by molar-refractivity contribution is 9.11. The lowest BCUT2D eigenvalue weighted by molar-refractivity contribution is -0.129. The van der Waals surface area contributed by atoms with E-state index in [-0.39, 0.29) is 11.8 Å². The number of thiophene rings is 1. The van der Waals surface area contributed by atoms with Crippen molar-refractivity contribution in [3.8, 4) is 0 Å². The van der Waals surface area contributed by atoms with Gasteiger partial charge in [-0.25, -0.2) is 0 Å². The second kappa shape index (κ2) is 6.33. The molecule has 0 atom stereocenters. The quantitative estimate of drug-likeness (QED) is 0.920. The minimum atomic E-state index is -0.119. The molecule has 1 aliphatic heterocycles. The first-order valence-corrected chi connectivity index (χ1v) is 7.64. The first-order valence-electron chi connectivity index (χ1n) is 5.97. The monoisotopic (exact) mass is 330 g/mol. The molecule has 0 bridgehead atoms. The SMILES string of the molecule is O=C(NCCC(=O)N1CCCC1)c1csc(Br)c1. The molecule has 1 N–H and O–H groups in total. The number of rotatable bonds is 4. The van der Waals surface area contributed by atoms with Gasteiger partial charge in [0, 0.05) is 31.4 Å². The van der Waals surface area contributed by atoms with E-state index in [4.69, 9.17) is 0 Å². The smallest absolute Gasteiger partial charge is 0.252 e. The van der Waals surface area contributed by atoms with Gasteiger partial charge in [-0.15, -0.1) is 11.3 Å². The zero-order valence-electron chi connectivity index (χ0n) is 9.95. The van der Waals surface area contributed by atoms with Crippen molar-refractivity contribution in [3.05, 3.63) is 20.8 Å². The van der Waals surface area contributed by atoms with Crippen LogP contribution in [0, 0.1) is 0 Å². The third kappa shape index (κ3) is 3.55. The fraction of sp³-hybridized carbons (Fsp3) is 0.500. The van der Waals surface area contributed by atoms with E-state index in [0.717, 1.165) is 29.7 Å². The van der Waals surface area contributed by atoms with E-state index >= 15 is 0 Å². The van der Waals surface area contributed by atoms with Gasteiger partial charge in [0.2, 0.25) is 5.91 Å². The van der Waals surface area contributed by atoms with Crippen molar-refractivity contribution in [1.29, 1.82) is 0 Å². The third-order valence-corrected chi connectivity index (χ3v) is 4.42. The Kier molecular flexibility index (Phi) is 4.77. The Hall–Kier alpha value is -0.880. The summed E-state index contributed by atoms with van der Waals surface area (Å²) < 4.78 is 0.931. The Morgan fingerprint density at radius 1 is 1.39 bits per heavy atom. The number of halogens is 1. The van der Waals surface area contributed by atoms with Crippen LogP contribution < -0.4 is 5.32 Å². The predicted molar refractivity (Wildman–Crippen MR) is 74.8 cm³/mol. The van der Waals surface area contributed by atoms with Gasteiger partial charge in [-0.05, 0) is 34.8 Å². The summed E-state index contributed by atoms with van der Waals surface area (Å²) >= 11 is 4.79. The molecule has 1 saturated heterocycles. The summed E-state index contributed by atoms with van der Waals surface area (Å²) in [4.78, 5) is 25.3. The van der Waals surface area contributed by atoms with Crippen LogP contribution in [0.2, 0.25) is 0 Å². The highest BCUT2D eigenvalue weighted by atomic mass is 79.9. The van der Waals surface area contributed by atoms with Gasteiger partial charge in [-0.3, -0.25) is 9.59 Å². The Morgan fingerprint density at radius 2 is 2.11 bits per heavy atom. The van der Waals surface area contributed by atoms with Crippen LogP contribution in [0.25, 0.3) is 0 Å². The van der Waals surface area contributed by atoms with Gasteiger partial charge in [0.1, 0.15) is 0 Å². The van der Waals surface area contributed by atoms with E-state index in [0.29, 0.717) is 18.5 Å². The Morgan fingerprint density at radius 3 is 2.72 bits per heavy atom. The largest absolute Gasteiger partial charge is 0.351 e. The van der Waals surface area contributed by atoms with Crippen molar-refractivity contribution in [2.45, 2.75) is 19.3 Å². The molecule has 0 spiro atoms. The predicted octanol–water partition coefficient (Wildman–Crippen LogP) is 2.25. The van der Waals surface area contributed by atoms with E-state index in [9.17, 15) is 9.59 Å². The number of hydrogen-bond donors (Lipinski definition) is 1. The Bertz CT molecular complexity index is 441. The van der Waals surface area contributed by atoms with Crippen molar-refractivity contribution < 1.29 is 9.59 Å². The molecule has 0 unspecified atom stereocenters. The summed E-state index contributed by atoms with van der Waals surface area (Å²) in [6, 6.07) is 1.78. The number of carbonyl (C=O) groups is 2. The van der Waals surface area contributed by atoms with E-state index in [1.807, 2.05) is 4.90 Å². The van der Waals surface area contributed by atoms with Gasteiger partial charge in [0.05, 0.1) is 9.35 Å². The van der Waals surface area contributed by atoms with Crippen LogP contribution in [-0.2, 0) is 4.79 Å². The molecule has 0 saturated carbocycles. The van der Waals surface area contributed by atoms with Crippen LogP contribution in [0.3, 0.4) is 0 Å². The van der Waals surface area contributed by atoms with Crippen LogP contribution in [0.4, 0.5) is 0 Å². The number of likely N-dealkylation sites (tertiary alicyclic amines) is 1. The lowest BCUT2D eigenvalue weighted by Crippen LogP contribution is -2.32. The number of hydrogen-bond acceptors (Lipinski definition) is 3. The molecule has 0 aliphatic carbocycles.